The zero-order chi connectivity index (χ0) is 26.2. The minimum Gasteiger partial charge on any atom is -0.449 e. The minimum atomic E-state index is -0.808. The van der Waals surface area contributed by atoms with Crippen molar-refractivity contribution in [3.63, 3.8) is 0 Å². The first-order chi connectivity index (χ1) is 17.2. The van der Waals surface area contributed by atoms with Gasteiger partial charge in [0.1, 0.15) is 17.5 Å². The Morgan fingerprint density at radius 1 is 1.14 bits per heavy atom. The summed E-state index contributed by atoms with van der Waals surface area (Å²) in [5, 5.41) is 9.50. The zero-order valence-electron chi connectivity index (χ0n) is 21.6. The fourth-order valence-corrected chi connectivity index (χ4v) is 4.70. The fourth-order valence-electron chi connectivity index (χ4n) is 4.70. The van der Waals surface area contributed by atoms with E-state index in [9.17, 15) is 19.2 Å². The molecule has 1 saturated carbocycles. The summed E-state index contributed by atoms with van der Waals surface area (Å²) in [5.41, 5.74) is 1.37. The summed E-state index contributed by atoms with van der Waals surface area (Å²) in [6.07, 6.45) is 2.66. The highest BCUT2D eigenvalue weighted by Crippen LogP contribution is 2.26. The monoisotopic (exact) mass is 498 g/mol. The van der Waals surface area contributed by atoms with Crippen LogP contribution in [0.5, 0.6) is 0 Å². The number of benzene rings is 1. The Labute approximate surface area is 212 Å². The van der Waals surface area contributed by atoms with Gasteiger partial charge in [0.25, 0.3) is 5.91 Å². The summed E-state index contributed by atoms with van der Waals surface area (Å²) >= 11 is 0. The second kappa shape index (κ2) is 12.6. The van der Waals surface area contributed by atoms with Crippen LogP contribution in [0, 0.1) is 11.8 Å². The van der Waals surface area contributed by atoms with Crippen LogP contribution >= 0.6 is 0 Å². The molecule has 1 heterocycles. The quantitative estimate of drug-likeness (QED) is 0.411. The van der Waals surface area contributed by atoms with E-state index in [1.807, 2.05) is 45.2 Å². The number of para-hydroxylation sites is 1. The molecule has 196 valence electrons. The molecule has 36 heavy (non-hydrogen) atoms. The molecule has 1 aliphatic carbocycles. The van der Waals surface area contributed by atoms with Gasteiger partial charge in [-0.25, -0.2) is 4.79 Å². The summed E-state index contributed by atoms with van der Waals surface area (Å²) in [5.74, 6) is -0.558. The van der Waals surface area contributed by atoms with Crippen LogP contribution in [-0.2, 0) is 21.4 Å². The van der Waals surface area contributed by atoms with E-state index in [2.05, 4.69) is 16.0 Å². The molecular weight excluding hydrogens is 460 g/mol. The predicted molar refractivity (Wildman–Crippen MR) is 138 cm³/mol. The molecule has 1 aromatic carbocycles. The van der Waals surface area contributed by atoms with Gasteiger partial charge in [-0.3, -0.25) is 14.4 Å². The van der Waals surface area contributed by atoms with Crippen LogP contribution in [0.4, 0.5) is 4.79 Å². The Hall–Kier alpha value is -3.36. The Bertz CT molecular complexity index is 1090. The van der Waals surface area contributed by atoms with Gasteiger partial charge in [-0.15, -0.1) is 0 Å². The molecule has 3 atom stereocenters. The molecule has 0 bridgehead atoms. The standard InChI is InChI=1S/C27H38N4O5/c1-17(2)16-36-27(35)28-14-8-12-22(25(33)29-21-11-7-10-20(21)18(3)32)30-26(34)24-15-19-9-5-6-13-23(19)31(24)4/h5-6,9,13,15,17,20-22H,7-8,10-12,14,16H2,1-4H3,(H,28,35)(H,29,33)(H,30,34)/t20-,21-,22-/m0/s1. The topological polar surface area (TPSA) is 119 Å². The number of hydrogen-bond acceptors (Lipinski definition) is 5. The summed E-state index contributed by atoms with van der Waals surface area (Å²) in [6, 6.07) is 8.45. The largest absolute Gasteiger partial charge is 0.449 e. The average Bonchev–Trinajstić information content (AvgIpc) is 3.44. The van der Waals surface area contributed by atoms with Crippen LogP contribution in [0.3, 0.4) is 0 Å². The molecule has 3 amide bonds. The van der Waals surface area contributed by atoms with Crippen molar-refractivity contribution in [2.45, 2.75) is 65.0 Å². The van der Waals surface area contributed by atoms with Gasteiger partial charge >= 0.3 is 6.09 Å². The van der Waals surface area contributed by atoms with Gasteiger partial charge < -0.3 is 25.3 Å². The zero-order valence-corrected chi connectivity index (χ0v) is 21.6. The molecule has 3 N–H and O–H groups in total. The van der Waals surface area contributed by atoms with Crippen LogP contribution in [0.15, 0.2) is 30.3 Å². The highest BCUT2D eigenvalue weighted by Gasteiger charge is 2.33. The minimum absolute atomic E-state index is 0.0676. The molecule has 1 aliphatic rings. The van der Waals surface area contributed by atoms with Crippen molar-refractivity contribution in [3.8, 4) is 0 Å². The van der Waals surface area contributed by atoms with E-state index in [1.54, 1.807) is 17.6 Å². The number of carbonyl (C=O) groups excluding carboxylic acids is 4. The van der Waals surface area contributed by atoms with Crippen molar-refractivity contribution in [2.75, 3.05) is 13.2 Å². The Morgan fingerprint density at radius 3 is 2.58 bits per heavy atom. The molecule has 9 heteroatoms. The number of ether oxygens (including phenoxy) is 1. The Kier molecular flexibility index (Phi) is 9.50. The number of alkyl carbamates (subject to hydrolysis) is 1. The van der Waals surface area contributed by atoms with Crippen LogP contribution in [0.25, 0.3) is 10.9 Å². The average molecular weight is 499 g/mol. The SMILES string of the molecule is CC(=O)[C@@H]1CCC[C@@H]1NC(=O)[C@H](CCCNC(=O)OCC(C)C)NC(=O)c1cc2ccccc2n1C. The first-order valence-corrected chi connectivity index (χ1v) is 12.7. The van der Waals surface area contributed by atoms with Crippen LogP contribution in [0.1, 0.15) is 63.4 Å². The third-order valence-corrected chi connectivity index (χ3v) is 6.66. The molecule has 9 nitrogen and oxygen atoms in total. The molecule has 0 radical (unpaired) electrons. The molecule has 1 aromatic heterocycles. The van der Waals surface area contributed by atoms with E-state index < -0.39 is 12.1 Å². The van der Waals surface area contributed by atoms with Crippen molar-refractivity contribution in [1.82, 2.24) is 20.5 Å². The lowest BCUT2D eigenvalue weighted by molar-refractivity contribution is -0.125. The van der Waals surface area contributed by atoms with Crippen LogP contribution in [-0.4, -0.2) is 53.5 Å². The number of hydrogen-bond donors (Lipinski definition) is 3. The number of amides is 3. The van der Waals surface area contributed by atoms with Gasteiger partial charge in [0.15, 0.2) is 0 Å². The second-order valence-electron chi connectivity index (χ2n) is 10.00. The lowest BCUT2D eigenvalue weighted by Crippen LogP contribution is -2.51. The summed E-state index contributed by atoms with van der Waals surface area (Å²) in [6.45, 7) is 6.10. The third kappa shape index (κ3) is 7.08. The molecule has 3 rings (SSSR count). The number of rotatable bonds is 11. The molecule has 0 saturated heterocycles. The van der Waals surface area contributed by atoms with E-state index in [4.69, 9.17) is 4.74 Å². The molecular formula is C27H38N4O5. The first-order valence-electron chi connectivity index (χ1n) is 12.7. The van der Waals surface area contributed by atoms with Gasteiger partial charge in [-0.2, -0.15) is 0 Å². The number of nitrogens with zero attached hydrogens (tertiary/aromatic N) is 1. The van der Waals surface area contributed by atoms with E-state index >= 15 is 0 Å². The maximum absolute atomic E-state index is 13.2. The number of aromatic nitrogens is 1. The lowest BCUT2D eigenvalue weighted by atomic mass is 9.98. The molecule has 0 unspecified atom stereocenters. The van der Waals surface area contributed by atoms with Crippen molar-refractivity contribution < 1.29 is 23.9 Å². The van der Waals surface area contributed by atoms with E-state index in [-0.39, 0.29) is 35.5 Å². The predicted octanol–water partition coefficient (Wildman–Crippen LogP) is 3.31. The molecule has 1 fully saturated rings. The van der Waals surface area contributed by atoms with Crippen molar-refractivity contribution in [1.29, 1.82) is 0 Å². The number of nitrogens with one attached hydrogen (secondary N) is 3. The van der Waals surface area contributed by atoms with Gasteiger partial charge in [-0.05, 0) is 50.7 Å². The molecule has 2 aromatic rings. The van der Waals surface area contributed by atoms with E-state index in [0.29, 0.717) is 31.7 Å². The smallest absolute Gasteiger partial charge is 0.407 e. The number of ketones is 1. The van der Waals surface area contributed by atoms with Crippen molar-refractivity contribution >= 4 is 34.6 Å². The Morgan fingerprint density at radius 2 is 1.89 bits per heavy atom. The summed E-state index contributed by atoms with van der Waals surface area (Å²) in [7, 11) is 1.81. The summed E-state index contributed by atoms with van der Waals surface area (Å²) < 4.78 is 6.91. The highest BCUT2D eigenvalue weighted by molar-refractivity contribution is 6.00. The third-order valence-electron chi connectivity index (χ3n) is 6.66. The summed E-state index contributed by atoms with van der Waals surface area (Å²) in [4.78, 5) is 50.2. The molecule has 0 aliphatic heterocycles. The molecule has 0 spiro atoms. The van der Waals surface area contributed by atoms with Gasteiger partial charge in [-0.1, -0.05) is 38.5 Å². The van der Waals surface area contributed by atoms with Gasteiger partial charge in [0.2, 0.25) is 5.91 Å². The van der Waals surface area contributed by atoms with Gasteiger partial charge in [0, 0.05) is 36.5 Å². The normalized spacial score (nSPS) is 18.1. The maximum Gasteiger partial charge on any atom is 0.407 e. The van der Waals surface area contributed by atoms with Crippen molar-refractivity contribution in [2.24, 2.45) is 18.9 Å². The maximum atomic E-state index is 13.2. The second-order valence-corrected chi connectivity index (χ2v) is 10.00. The Balaban J connectivity index is 1.66. The number of aryl methyl sites for hydroxylation is 1. The first kappa shape index (κ1) is 27.2. The van der Waals surface area contributed by atoms with Crippen LogP contribution in [0.2, 0.25) is 0 Å². The fraction of sp³-hybridized carbons (Fsp3) is 0.556. The van der Waals surface area contributed by atoms with Gasteiger partial charge in [0.05, 0.1) is 6.61 Å². The van der Waals surface area contributed by atoms with E-state index in [0.717, 1.165) is 30.2 Å². The lowest BCUT2D eigenvalue weighted by Gasteiger charge is -2.24. The van der Waals surface area contributed by atoms with Crippen LogP contribution < -0.4 is 16.0 Å². The van der Waals surface area contributed by atoms with Crippen molar-refractivity contribution in [3.05, 3.63) is 36.0 Å². The highest BCUT2D eigenvalue weighted by atomic mass is 16.5. The number of fused-ring (bicyclic) bond motifs is 1. The number of carbonyl (C=O) groups is 4. The number of Topliss-reactive ketones (excluding diaryl/α,β-unsaturated/α-hetero) is 1. The van der Waals surface area contributed by atoms with E-state index in [1.165, 1.54) is 0 Å².